The van der Waals surface area contributed by atoms with Crippen molar-refractivity contribution in [3.63, 3.8) is 0 Å². The molecule has 0 rings (SSSR count). The van der Waals surface area contributed by atoms with Gasteiger partial charge in [0.15, 0.2) is 0 Å². The zero-order valence-corrected chi connectivity index (χ0v) is 11.7. The molecule has 0 amide bonds. The fraction of sp³-hybridized carbons (Fsp3) is 1.00. The van der Waals surface area contributed by atoms with Gasteiger partial charge in [-0.05, 0) is 43.7 Å². The number of hydrogen-bond donors (Lipinski definition) is 1. The largest absolute Gasteiger partial charge is 0.320 e. The standard InChI is InChI=1S/C14H31N/c1-7-14(5,8-2)13(4)12(3)10-9-11-15-6/h12-13,15H,7-11H2,1-6H3. The average Bonchev–Trinajstić information content (AvgIpc) is 2.27. The maximum Gasteiger partial charge on any atom is -0.00518 e. The van der Waals surface area contributed by atoms with E-state index in [0.717, 1.165) is 18.4 Å². The van der Waals surface area contributed by atoms with Gasteiger partial charge < -0.3 is 5.32 Å². The third kappa shape index (κ3) is 4.55. The Labute approximate surface area is 97.0 Å². The lowest BCUT2D eigenvalue weighted by molar-refractivity contribution is 0.124. The van der Waals surface area contributed by atoms with E-state index in [0.29, 0.717) is 5.41 Å². The second kappa shape index (κ2) is 7.27. The fourth-order valence-corrected chi connectivity index (χ4v) is 2.43. The van der Waals surface area contributed by atoms with Crippen LogP contribution in [-0.2, 0) is 0 Å². The van der Waals surface area contributed by atoms with Crippen molar-refractivity contribution in [2.24, 2.45) is 17.3 Å². The highest BCUT2D eigenvalue weighted by Crippen LogP contribution is 2.40. The first-order chi connectivity index (χ1) is 7.01. The first-order valence-electron chi connectivity index (χ1n) is 6.66. The SMILES string of the molecule is CCC(C)(CC)C(C)C(C)CCCNC. The minimum absolute atomic E-state index is 0.541. The van der Waals surface area contributed by atoms with Gasteiger partial charge in [-0.2, -0.15) is 0 Å². The molecule has 0 aliphatic carbocycles. The molecule has 2 atom stereocenters. The molecule has 0 saturated carbocycles. The molecule has 0 radical (unpaired) electrons. The van der Waals surface area contributed by atoms with Crippen LogP contribution in [0, 0.1) is 17.3 Å². The molecule has 0 aromatic rings. The summed E-state index contributed by atoms with van der Waals surface area (Å²) in [5.41, 5.74) is 0.541. The van der Waals surface area contributed by atoms with E-state index >= 15 is 0 Å². The van der Waals surface area contributed by atoms with Gasteiger partial charge in [0.2, 0.25) is 0 Å². The van der Waals surface area contributed by atoms with Gasteiger partial charge in [-0.3, -0.25) is 0 Å². The van der Waals surface area contributed by atoms with Crippen LogP contribution in [0.25, 0.3) is 0 Å². The van der Waals surface area contributed by atoms with Gasteiger partial charge in [0.05, 0.1) is 0 Å². The minimum Gasteiger partial charge on any atom is -0.320 e. The predicted octanol–water partition coefficient (Wildman–Crippen LogP) is 4.08. The van der Waals surface area contributed by atoms with Gasteiger partial charge in [0.25, 0.3) is 0 Å². The molecule has 0 fully saturated rings. The van der Waals surface area contributed by atoms with Crippen LogP contribution in [0.5, 0.6) is 0 Å². The fourth-order valence-electron chi connectivity index (χ4n) is 2.43. The van der Waals surface area contributed by atoms with Gasteiger partial charge in [-0.15, -0.1) is 0 Å². The molecule has 0 aliphatic rings. The Balaban J connectivity index is 4.10. The summed E-state index contributed by atoms with van der Waals surface area (Å²) in [5, 5.41) is 3.23. The van der Waals surface area contributed by atoms with Crippen LogP contribution in [0.3, 0.4) is 0 Å². The molecule has 1 N–H and O–H groups in total. The molecule has 0 aromatic carbocycles. The number of hydrogen-bond acceptors (Lipinski definition) is 1. The van der Waals surface area contributed by atoms with Crippen molar-refractivity contribution in [1.29, 1.82) is 0 Å². The predicted molar refractivity (Wildman–Crippen MR) is 70.2 cm³/mol. The van der Waals surface area contributed by atoms with Crippen molar-refractivity contribution >= 4 is 0 Å². The summed E-state index contributed by atoms with van der Waals surface area (Å²) in [5.74, 6) is 1.69. The molecule has 0 spiro atoms. The molecule has 0 aromatic heterocycles. The molecule has 0 saturated heterocycles. The van der Waals surface area contributed by atoms with Gasteiger partial charge in [-0.25, -0.2) is 0 Å². The van der Waals surface area contributed by atoms with E-state index in [1.807, 2.05) is 7.05 Å². The molecule has 0 bridgehead atoms. The van der Waals surface area contributed by atoms with E-state index in [1.165, 1.54) is 25.7 Å². The average molecular weight is 213 g/mol. The summed E-state index contributed by atoms with van der Waals surface area (Å²) in [6.45, 7) is 13.1. The second-order valence-electron chi connectivity index (χ2n) is 5.37. The summed E-state index contributed by atoms with van der Waals surface area (Å²) in [7, 11) is 2.04. The highest BCUT2D eigenvalue weighted by Gasteiger charge is 2.30. The summed E-state index contributed by atoms with van der Waals surface area (Å²) in [4.78, 5) is 0. The zero-order chi connectivity index (χ0) is 11.9. The monoisotopic (exact) mass is 213 g/mol. The molecule has 15 heavy (non-hydrogen) atoms. The molecule has 92 valence electrons. The number of rotatable bonds is 8. The maximum absolute atomic E-state index is 3.23. The van der Waals surface area contributed by atoms with Crippen LogP contribution in [0.1, 0.15) is 60.3 Å². The van der Waals surface area contributed by atoms with E-state index in [2.05, 4.69) is 39.9 Å². The Hall–Kier alpha value is -0.0400. The van der Waals surface area contributed by atoms with E-state index < -0.39 is 0 Å². The van der Waals surface area contributed by atoms with Gasteiger partial charge >= 0.3 is 0 Å². The first kappa shape index (κ1) is 15.0. The molecule has 0 aliphatic heterocycles. The Morgan fingerprint density at radius 1 is 1.13 bits per heavy atom. The molecule has 1 nitrogen and oxygen atoms in total. The summed E-state index contributed by atoms with van der Waals surface area (Å²) in [6.07, 6.45) is 5.28. The quantitative estimate of drug-likeness (QED) is 0.599. The van der Waals surface area contributed by atoms with Gasteiger partial charge in [0, 0.05) is 0 Å². The van der Waals surface area contributed by atoms with Gasteiger partial charge in [0.1, 0.15) is 0 Å². The Bertz CT molecular complexity index is 149. The van der Waals surface area contributed by atoms with Crippen LogP contribution in [0.15, 0.2) is 0 Å². The van der Waals surface area contributed by atoms with Crippen molar-refractivity contribution in [3.05, 3.63) is 0 Å². The molecule has 1 heteroatoms. The van der Waals surface area contributed by atoms with Crippen molar-refractivity contribution in [3.8, 4) is 0 Å². The van der Waals surface area contributed by atoms with Crippen molar-refractivity contribution < 1.29 is 0 Å². The molecule has 0 heterocycles. The highest BCUT2D eigenvalue weighted by atomic mass is 14.8. The van der Waals surface area contributed by atoms with Crippen LogP contribution in [-0.4, -0.2) is 13.6 Å². The normalized spacial score (nSPS) is 16.4. The Kier molecular flexibility index (Phi) is 7.25. The van der Waals surface area contributed by atoms with E-state index in [1.54, 1.807) is 0 Å². The molecular weight excluding hydrogens is 182 g/mol. The van der Waals surface area contributed by atoms with E-state index in [4.69, 9.17) is 0 Å². The lowest BCUT2D eigenvalue weighted by atomic mass is 9.68. The minimum atomic E-state index is 0.541. The lowest BCUT2D eigenvalue weighted by Gasteiger charge is -2.38. The van der Waals surface area contributed by atoms with Crippen LogP contribution < -0.4 is 5.32 Å². The van der Waals surface area contributed by atoms with Crippen molar-refractivity contribution in [2.45, 2.75) is 60.3 Å². The smallest absolute Gasteiger partial charge is 0.00518 e. The highest BCUT2D eigenvalue weighted by molar-refractivity contribution is 4.80. The molecular formula is C14H31N. The lowest BCUT2D eigenvalue weighted by Crippen LogP contribution is -2.29. The van der Waals surface area contributed by atoms with Crippen LogP contribution >= 0.6 is 0 Å². The first-order valence-corrected chi connectivity index (χ1v) is 6.66. The second-order valence-corrected chi connectivity index (χ2v) is 5.37. The molecule has 2 unspecified atom stereocenters. The third-order valence-corrected chi connectivity index (χ3v) is 4.65. The third-order valence-electron chi connectivity index (χ3n) is 4.65. The van der Waals surface area contributed by atoms with Crippen LogP contribution in [0.2, 0.25) is 0 Å². The zero-order valence-electron chi connectivity index (χ0n) is 11.7. The van der Waals surface area contributed by atoms with Gasteiger partial charge in [-0.1, -0.05) is 47.5 Å². The van der Waals surface area contributed by atoms with Crippen molar-refractivity contribution in [1.82, 2.24) is 5.32 Å². The topological polar surface area (TPSA) is 12.0 Å². The van der Waals surface area contributed by atoms with Crippen molar-refractivity contribution in [2.75, 3.05) is 13.6 Å². The van der Waals surface area contributed by atoms with E-state index in [-0.39, 0.29) is 0 Å². The summed E-state index contributed by atoms with van der Waals surface area (Å²) in [6, 6.07) is 0. The Morgan fingerprint density at radius 3 is 2.07 bits per heavy atom. The van der Waals surface area contributed by atoms with E-state index in [9.17, 15) is 0 Å². The maximum atomic E-state index is 3.23. The Morgan fingerprint density at radius 2 is 1.67 bits per heavy atom. The summed E-state index contributed by atoms with van der Waals surface area (Å²) < 4.78 is 0. The van der Waals surface area contributed by atoms with Crippen LogP contribution in [0.4, 0.5) is 0 Å². The summed E-state index contributed by atoms with van der Waals surface area (Å²) >= 11 is 0. The number of nitrogens with one attached hydrogen (secondary N) is 1.